The Hall–Kier alpha value is -4.21. The zero-order valence-corrected chi connectivity index (χ0v) is 24.7. The van der Waals surface area contributed by atoms with Gasteiger partial charge in [0.05, 0.1) is 11.1 Å². The summed E-state index contributed by atoms with van der Waals surface area (Å²) in [5, 5.41) is 16.8. The Morgan fingerprint density at radius 2 is 1.74 bits per heavy atom. The Bertz CT molecular complexity index is 1350. The van der Waals surface area contributed by atoms with Gasteiger partial charge in [0.2, 0.25) is 11.8 Å². The van der Waals surface area contributed by atoms with E-state index in [4.69, 9.17) is 22.7 Å². The first-order valence-electron chi connectivity index (χ1n) is 14.4. The molecule has 0 bridgehead atoms. The molecular weight excluding hydrogens is 567 g/mol. The summed E-state index contributed by atoms with van der Waals surface area (Å²) in [5.74, 6) is -1.00. The normalized spacial score (nSPS) is 17.2. The third kappa shape index (κ3) is 9.39. The quantitative estimate of drug-likeness (QED) is 0.0915. The number of nitrogens with one attached hydrogen (secondary N) is 4. The molecule has 6 N–H and O–H groups in total. The summed E-state index contributed by atoms with van der Waals surface area (Å²) in [6.07, 6.45) is 4.41. The van der Waals surface area contributed by atoms with Crippen LogP contribution in [0.1, 0.15) is 41.9 Å². The Kier molecular flexibility index (Phi) is 11.7. The number of benzene rings is 3. The van der Waals surface area contributed by atoms with Crippen molar-refractivity contribution < 1.29 is 14.0 Å². The fraction of sp³-hybridized carbons (Fsp3) is 0.303. The van der Waals surface area contributed by atoms with Gasteiger partial charge in [-0.3, -0.25) is 15.0 Å². The maximum Gasteiger partial charge on any atom is 0.244 e. The molecule has 1 heterocycles. The van der Waals surface area contributed by atoms with Gasteiger partial charge in [0, 0.05) is 49.8 Å². The number of hydrogen-bond acceptors (Lipinski definition) is 4. The molecule has 3 aromatic carbocycles. The summed E-state index contributed by atoms with van der Waals surface area (Å²) in [7, 11) is 0. The van der Waals surface area contributed by atoms with Crippen LogP contribution in [0.2, 0.25) is 5.02 Å². The molecule has 2 atom stereocenters. The van der Waals surface area contributed by atoms with Gasteiger partial charge < -0.3 is 26.6 Å². The summed E-state index contributed by atoms with van der Waals surface area (Å²) in [4.78, 5) is 28.4. The van der Waals surface area contributed by atoms with Crippen LogP contribution >= 0.6 is 11.6 Å². The van der Waals surface area contributed by atoms with Crippen molar-refractivity contribution in [2.24, 2.45) is 5.73 Å². The number of amides is 2. The highest BCUT2D eigenvalue weighted by Crippen LogP contribution is 2.27. The van der Waals surface area contributed by atoms with Crippen LogP contribution in [0.15, 0.2) is 84.9 Å². The SMILES string of the molecule is N=C(N)NCCC[C@@H]1N[C@H](CNC(=O)/C=C/c2c(F)cccc2Cl)CCN(CC(c2ccccc2)c2ccccc2)C1=O. The van der Waals surface area contributed by atoms with Crippen molar-refractivity contribution in [3.05, 3.63) is 112 Å². The maximum absolute atomic E-state index is 14.1. The second kappa shape index (κ2) is 15.9. The fourth-order valence-electron chi connectivity index (χ4n) is 5.27. The van der Waals surface area contributed by atoms with Crippen molar-refractivity contribution in [2.75, 3.05) is 26.2 Å². The zero-order valence-electron chi connectivity index (χ0n) is 23.9. The van der Waals surface area contributed by atoms with Crippen LogP contribution < -0.4 is 21.7 Å². The third-order valence-electron chi connectivity index (χ3n) is 7.51. The standard InChI is InChI=1S/C33H38ClFN6O2/c34-28-13-7-14-29(35)26(28)16-17-31(42)39-21-25-18-20-41(32(43)30(40-25)15-8-19-38-33(36)37)22-27(23-9-3-1-4-10-23)24-11-5-2-6-12-24/h1-7,9-14,16-17,25,27,30,40H,8,15,18-22H2,(H,39,42)(H4,36,37,38)/b17-16+/t25-,30-/m0/s1. The molecule has 0 saturated carbocycles. The maximum atomic E-state index is 14.1. The number of hydrogen-bond donors (Lipinski definition) is 5. The van der Waals surface area contributed by atoms with Crippen LogP contribution in [-0.2, 0) is 9.59 Å². The fourth-order valence-corrected chi connectivity index (χ4v) is 5.49. The van der Waals surface area contributed by atoms with Crippen LogP contribution in [0, 0.1) is 11.2 Å². The molecule has 0 aromatic heterocycles. The van der Waals surface area contributed by atoms with Gasteiger partial charge >= 0.3 is 0 Å². The molecule has 43 heavy (non-hydrogen) atoms. The lowest BCUT2D eigenvalue weighted by molar-refractivity contribution is -0.133. The molecule has 4 rings (SSSR count). The van der Waals surface area contributed by atoms with Crippen molar-refractivity contribution >= 4 is 35.5 Å². The molecule has 0 unspecified atom stereocenters. The average molecular weight is 605 g/mol. The lowest BCUT2D eigenvalue weighted by atomic mass is 9.90. The van der Waals surface area contributed by atoms with E-state index in [1.165, 1.54) is 24.3 Å². The molecule has 1 fully saturated rings. The van der Waals surface area contributed by atoms with Crippen molar-refractivity contribution in [3.8, 4) is 0 Å². The van der Waals surface area contributed by atoms with Gasteiger partial charge in [-0.15, -0.1) is 0 Å². The minimum absolute atomic E-state index is 0.00187. The Balaban J connectivity index is 1.47. The van der Waals surface area contributed by atoms with Crippen LogP contribution in [0.5, 0.6) is 0 Å². The molecule has 1 aliphatic rings. The van der Waals surface area contributed by atoms with Gasteiger partial charge in [0.1, 0.15) is 5.82 Å². The Labute approximate surface area is 257 Å². The number of halogens is 2. The lowest BCUT2D eigenvalue weighted by Crippen LogP contribution is -2.49. The van der Waals surface area contributed by atoms with E-state index < -0.39 is 11.9 Å². The summed E-state index contributed by atoms with van der Waals surface area (Å²) in [5.41, 5.74) is 7.84. The molecule has 0 spiro atoms. The number of carbonyl (C=O) groups is 2. The van der Waals surface area contributed by atoms with E-state index in [0.717, 1.165) is 11.1 Å². The van der Waals surface area contributed by atoms with Gasteiger partial charge in [-0.25, -0.2) is 4.39 Å². The van der Waals surface area contributed by atoms with Gasteiger partial charge in [-0.1, -0.05) is 78.3 Å². The van der Waals surface area contributed by atoms with E-state index in [1.807, 2.05) is 41.3 Å². The molecule has 1 saturated heterocycles. The van der Waals surface area contributed by atoms with E-state index in [2.05, 4.69) is 40.2 Å². The average Bonchev–Trinajstić information content (AvgIpc) is 3.15. The second-order valence-electron chi connectivity index (χ2n) is 10.6. The number of guanidine groups is 1. The monoisotopic (exact) mass is 604 g/mol. The number of rotatable bonds is 12. The van der Waals surface area contributed by atoms with Crippen molar-refractivity contribution in [3.63, 3.8) is 0 Å². The first-order chi connectivity index (χ1) is 20.8. The summed E-state index contributed by atoms with van der Waals surface area (Å²) >= 11 is 6.06. The van der Waals surface area contributed by atoms with Gasteiger partial charge in [-0.2, -0.15) is 0 Å². The Morgan fingerprint density at radius 3 is 2.37 bits per heavy atom. The largest absolute Gasteiger partial charge is 0.370 e. The molecule has 3 aromatic rings. The minimum Gasteiger partial charge on any atom is -0.370 e. The van der Waals surface area contributed by atoms with E-state index >= 15 is 0 Å². The van der Waals surface area contributed by atoms with Crippen LogP contribution in [0.4, 0.5) is 4.39 Å². The van der Waals surface area contributed by atoms with Gasteiger partial charge in [0.15, 0.2) is 5.96 Å². The lowest BCUT2D eigenvalue weighted by Gasteiger charge is -2.29. The molecule has 1 aliphatic heterocycles. The molecule has 226 valence electrons. The van der Waals surface area contributed by atoms with E-state index in [-0.39, 0.29) is 46.9 Å². The van der Waals surface area contributed by atoms with E-state index in [9.17, 15) is 14.0 Å². The topological polar surface area (TPSA) is 123 Å². The van der Waals surface area contributed by atoms with Crippen molar-refractivity contribution in [1.82, 2.24) is 20.9 Å². The molecule has 8 nitrogen and oxygen atoms in total. The highest BCUT2D eigenvalue weighted by Gasteiger charge is 2.32. The number of carbonyl (C=O) groups excluding carboxylic acids is 2. The summed E-state index contributed by atoms with van der Waals surface area (Å²) in [6, 6.07) is 24.1. The van der Waals surface area contributed by atoms with Crippen molar-refractivity contribution in [2.45, 2.75) is 37.3 Å². The third-order valence-corrected chi connectivity index (χ3v) is 7.84. The number of nitrogens with zero attached hydrogens (tertiary/aromatic N) is 1. The Morgan fingerprint density at radius 1 is 1.07 bits per heavy atom. The van der Waals surface area contributed by atoms with E-state index in [1.54, 1.807) is 6.07 Å². The van der Waals surface area contributed by atoms with Gasteiger partial charge in [-0.05, 0) is 48.6 Å². The summed E-state index contributed by atoms with van der Waals surface area (Å²) < 4.78 is 14.1. The predicted octanol–water partition coefficient (Wildman–Crippen LogP) is 4.26. The minimum atomic E-state index is -0.507. The van der Waals surface area contributed by atoms with Crippen molar-refractivity contribution in [1.29, 1.82) is 5.41 Å². The highest BCUT2D eigenvalue weighted by atomic mass is 35.5. The molecule has 0 aliphatic carbocycles. The molecule has 2 amide bonds. The molecule has 10 heteroatoms. The van der Waals surface area contributed by atoms with Crippen LogP contribution in [0.3, 0.4) is 0 Å². The first-order valence-corrected chi connectivity index (χ1v) is 14.8. The van der Waals surface area contributed by atoms with Gasteiger partial charge in [0.25, 0.3) is 0 Å². The van der Waals surface area contributed by atoms with E-state index in [0.29, 0.717) is 38.9 Å². The zero-order chi connectivity index (χ0) is 30.6. The first kappa shape index (κ1) is 31.7. The number of nitrogens with two attached hydrogens (primary N) is 1. The molecular formula is C33H38ClFN6O2. The highest BCUT2D eigenvalue weighted by molar-refractivity contribution is 6.32. The second-order valence-corrected chi connectivity index (χ2v) is 11.0. The predicted molar refractivity (Wildman–Crippen MR) is 169 cm³/mol. The summed E-state index contributed by atoms with van der Waals surface area (Å²) in [6.45, 7) is 1.80. The molecule has 0 radical (unpaired) electrons. The van der Waals surface area contributed by atoms with Crippen LogP contribution in [0.25, 0.3) is 6.08 Å². The van der Waals surface area contributed by atoms with Crippen LogP contribution in [-0.4, -0.2) is 60.9 Å². The smallest absolute Gasteiger partial charge is 0.244 e.